The molecule has 0 spiro atoms. The number of rotatable bonds is 7. The largest absolute Gasteiger partial charge is 0.492 e. The van der Waals surface area contributed by atoms with Gasteiger partial charge >= 0.3 is 5.97 Å². The summed E-state index contributed by atoms with van der Waals surface area (Å²) in [6.45, 7) is 0.302. The van der Waals surface area contributed by atoms with Gasteiger partial charge in [0.25, 0.3) is 5.91 Å². The molecule has 2 aliphatic rings. The fourth-order valence-electron chi connectivity index (χ4n) is 3.87. The van der Waals surface area contributed by atoms with Crippen molar-refractivity contribution in [1.82, 2.24) is 5.32 Å². The molecule has 1 aromatic carbocycles. The van der Waals surface area contributed by atoms with Gasteiger partial charge < -0.3 is 14.8 Å². The quantitative estimate of drug-likeness (QED) is 0.569. The van der Waals surface area contributed by atoms with E-state index in [1.54, 1.807) is 24.3 Å². The van der Waals surface area contributed by atoms with Crippen LogP contribution in [0, 0.1) is 17.8 Å². The van der Waals surface area contributed by atoms with Crippen molar-refractivity contribution < 1.29 is 23.9 Å². The van der Waals surface area contributed by atoms with Gasteiger partial charge in [-0.15, -0.1) is 0 Å². The van der Waals surface area contributed by atoms with Crippen LogP contribution in [0.15, 0.2) is 24.3 Å². The Morgan fingerprint density at radius 3 is 2.44 bits per heavy atom. The van der Waals surface area contributed by atoms with Crippen LogP contribution in [0.2, 0.25) is 5.02 Å². The van der Waals surface area contributed by atoms with Gasteiger partial charge in [0.1, 0.15) is 18.1 Å². The van der Waals surface area contributed by atoms with E-state index in [4.69, 9.17) is 21.1 Å². The smallest absolute Gasteiger partial charge is 0.309 e. The van der Waals surface area contributed by atoms with Crippen LogP contribution in [0.25, 0.3) is 0 Å². The van der Waals surface area contributed by atoms with E-state index >= 15 is 0 Å². The van der Waals surface area contributed by atoms with Gasteiger partial charge in [0.2, 0.25) is 0 Å². The molecular weight excluding hydrogens is 370 g/mol. The number of amides is 1. The highest BCUT2D eigenvalue weighted by molar-refractivity contribution is 6.30. The lowest BCUT2D eigenvalue weighted by molar-refractivity contribution is -0.156. The Hall–Kier alpha value is -2.08. The average molecular weight is 394 g/mol. The fraction of sp³-hybridized carbons (Fsp3) is 0.550. The molecule has 7 heteroatoms. The van der Waals surface area contributed by atoms with Gasteiger partial charge in [-0.1, -0.05) is 18.0 Å². The second-order valence-corrected chi connectivity index (χ2v) is 7.59. The lowest BCUT2D eigenvalue weighted by atomic mass is 9.67. The summed E-state index contributed by atoms with van der Waals surface area (Å²) in [5, 5.41) is 3.28. The zero-order valence-electron chi connectivity index (χ0n) is 15.1. The first-order chi connectivity index (χ1) is 13.0. The molecule has 0 aromatic heterocycles. The molecule has 0 aliphatic heterocycles. The minimum atomic E-state index is -0.369. The van der Waals surface area contributed by atoms with E-state index in [0.29, 0.717) is 42.5 Å². The number of esters is 1. The van der Waals surface area contributed by atoms with Gasteiger partial charge in [-0.05, 0) is 49.9 Å². The molecule has 2 saturated carbocycles. The molecule has 1 N–H and O–H groups in total. The van der Waals surface area contributed by atoms with Crippen molar-refractivity contribution in [2.75, 3.05) is 19.8 Å². The molecule has 0 radical (unpaired) electrons. The molecule has 1 aromatic rings. The summed E-state index contributed by atoms with van der Waals surface area (Å²) in [7, 11) is 0. The molecule has 0 heterocycles. The van der Waals surface area contributed by atoms with Crippen molar-refractivity contribution in [3.05, 3.63) is 29.3 Å². The third-order valence-corrected chi connectivity index (χ3v) is 5.49. The number of ether oxygens (including phenoxy) is 2. The number of carbonyl (C=O) groups is 3. The van der Waals surface area contributed by atoms with Crippen molar-refractivity contribution in [3.63, 3.8) is 0 Å². The summed E-state index contributed by atoms with van der Waals surface area (Å²) in [6.07, 6.45) is 3.92. The van der Waals surface area contributed by atoms with E-state index in [-0.39, 0.29) is 36.2 Å². The highest BCUT2D eigenvalue weighted by Crippen LogP contribution is 2.40. The maximum atomic E-state index is 12.2. The van der Waals surface area contributed by atoms with Crippen LogP contribution in [0.3, 0.4) is 0 Å². The van der Waals surface area contributed by atoms with Gasteiger partial charge in [-0.3, -0.25) is 14.4 Å². The van der Waals surface area contributed by atoms with Gasteiger partial charge in [-0.25, -0.2) is 0 Å². The Bertz CT molecular complexity index is 674. The molecule has 3 atom stereocenters. The van der Waals surface area contributed by atoms with Gasteiger partial charge in [0.05, 0.1) is 12.5 Å². The van der Waals surface area contributed by atoms with Crippen LogP contribution in [-0.4, -0.2) is 37.4 Å². The maximum Gasteiger partial charge on any atom is 0.309 e. The minimum Gasteiger partial charge on any atom is -0.492 e. The fourth-order valence-corrected chi connectivity index (χ4v) is 3.99. The average Bonchev–Trinajstić information content (AvgIpc) is 2.64. The predicted octanol–water partition coefficient (Wildman–Crippen LogP) is 2.77. The SMILES string of the molecule is O=C(COC(=O)C1C[C@H]2CCC[C@@H](C1)C2=O)NCCOc1ccc(Cl)cc1. The Morgan fingerprint density at radius 1 is 1.11 bits per heavy atom. The monoisotopic (exact) mass is 393 g/mol. The maximum absolute atomic E-state index is 12.2. The Balaban J connectivity index is 1.32. The second-order valence-electron chi connectivity index (χ2n) is 7.16. The number of nitrogens with one attached hydrogen (secondary N) is 1. The summed E-state index contributed by atoms with van der Waals surface area (Å²) in [5.41, 5.74) is 0. The number of hydrogen-bond acceptors (Lipinski definition) is 5. The van der Waals surface area contributed by atoms with Crippen LogP contribution < -0.4 is 10.1 Å². The molecule has 2 fully saturated rings. The van der Waals surface area contributed by atoms with E-state index in [1.807, 2.05) is 0 Å². The highest BCUT2D eigenvalue weighted by Gasteiger charge is 2.41. The van der Waals surface area contributed by atoms with Crippen LogP contribution in [0.1, 0.15) is 32.1 Å². The van der Waals surface area contributed by atoms with Gasteiger partial charge in [-0.2, -0.15) is 0 Å². The minimum absolute atomic E-state index is 0.00565. The number of halogens is 1. The van der Waals surface area contributed by atoms with Crippen LogP contribution >= 0.6 is 11.6 Å². The summed E-state index contributed by atoms with van der Waals surface area (Å²) in [4.78, 5) is 36.1. The second kappa shape index (κ2) is 9.22. The molecule has 146 valence electrons. The van der Waals surface area contributed by atoms with E-state index in [1.165, 1.54) is 0 Å². The Morgan fingerprint density at radius 2 is 1.78 bits per heavy atom. The summed E-state index contributed by atoms with van der Waals surface area (Å²) in [6, 6.07) is 6.94. The van der Waals surface area contributed by atoms with Crippen LogP contribution in [0.4, 0.5) is 0 Å². The highest BCUT2D eigenvalue weighted by atomic mass is 35.5. The standard InChI is InChI=1S/C20H24ClNO5/c21-16-4-6-17(7-5-16)26-9-8-22-18(23)12-27-20(25)15-10-13-2-1-3-14(11-15)19(13)24/h4-7,13-15H,1-3,8-12H2,(H,22,23)/t13-,14+,15?. The number of Topliss-reactive ketones (excluding diaryl/α,β-unsaturated/α-hetero) is 1. The van der Waals surface area contributed by atoms with E-state index in [9.17, 15) is 14.4 Å². The molecule has 3 rings (SSSR count). The lowest BCUT2D eigenvalue weighted by Gasteiger charge is -2.36. The molecule has 1 unspecified atom stereocenters. The zero-order valence-corrected chi connectivity index (χ0v) is 15.9. The summed E-state index contributed by atoms with van der Waals surface area (Å²) in [5.74, 6) is -0.0369. The predicted molar refractivity (Wildman–Crippen MR) is 99.5 cm³/mol. The third-order valence-electron chi connectivity index (χ3n) is 5.23. The van der Waals surface area contributed by atoms with Crippen molar-refractivity contribution in [2.24, 2.45) is 17.8 Å². The number of ketones is 1. The first-order valence-corrected chi connectivity index (χ1v) is 9.76. The van der Waals surface area contributed by atoms with Crippen LogP contribution in [0.5, 0.6) is 5.75 Å². The molecule has 0 saturated heterocycles. The van der Waals surface area contributed by atoms with Crippen molar-refractivity contribution >= 4 is 29.3 Å². The first-order valence-electron chi connectivity index (χ1n) is 9.38. The molecule has 6 nitrogen and oxygen atoms in total. The lowest BCUT2D eigenvalue weighted by Crippen LogP contribution is -2.40. The summed E-state index contributed by atoms with van der Waals surface area (Å²) >= 11 is 5.79. The molecule has 27 heavy (non-hydrogen) atoms. The summed E-state index contributed by atoms with van der Waals surface area (Å²) < 4.78 is 10.6. The van der Waals surface area contributed by atoms with Gasteiger partial charge in [0.15, 0.2) is 6.61 Å². The van der Waals surface area contributed by atoms with E-state index in [2.05, 4.69) is 5.32 Å². The number of fused-ring (bicyclic) bond motifs is 2. The van der Waals surface area contributed by atoms with E-state index < -0.39 is 0 Å². The molecule has 1 amide bonds. The van der Waals surface area contributed by atoms with E-state index in [0.717, 1.165) is 19.3 Å². The van der Waals surface area contributed by atoms with Crippen molar-refractivity contribution in [3.8, 4) is 5.75 Å². The molecule has 2 aliphatic carbocycles. The van der Waals surface area contributed by atoms with Crippen LogP contribution in [-0.2, 0) is 19.1 Å². The normalized spacial score (nSPS) is 24.2. The molecular formula is C20H24ClNO5. The Labute approximate surface area is 163 Å². The van der Waals surface area contributed by atoms with Crippen molar-refractivity contribution in [2.45, 2.75) is 32.1 Å². The first kappa shape index (κ1) is 19.7. The van der Waals surface area contributed by atoms with Crippen molar-refractivity contribution in [1.29, 1.82) is 0 Å². The number of hydrogen-bond donors (Lipinski definition) is 1. The topological polar surface area (TPSA) is 81.7 Å². The third kappa shape index (κ3) is 5.45. The van der Waals surface area contributed by atoms with Gasteiger partial charge in [0, 0.05) is 16.9 Å². The number of benzene rings is 1. The Kier molecular flexibility index (Phi) is 6.72. The zero-order chi connectivity index (χ0) is 19.2. The molecule has 2 bridgehead atoms. The number of carbonyl (C=O) groups excluding carboxylic acids is 3.